The standard InChI is InChI=1S/C40H46N4O6.C40H43N3O6.C20H23NO4.CH4.ClH/c45-27-7-5-23-17-29-39(47)11-9-25(35-37(39,31(23)33(27)49-35)13-15-43(29)19-21-1-2-21)41-42-26-10-12-40(48)30-18-24-6-8-28(46)34-32(24)38(40,36(26)50-34)14-16-44(30)20-22-3-4-22;44-25-7-5-21-13-27-39(46)15-23-24-16-40(47)28-14-22-6-8-26(45)34-30(22)38(40,10-12-43(28)18-20-3-4-20)36(49-34)32(24)41-31(23)35-37(39,29(21)33(25)48-35)9-11-42(27)17-19-1-2-19;22-13-4-3-12-9-15-20(24)6-5-14(23)18-19(20,16(12)17(13)25-18)7-8-21(15)10-11-1-2-11;;/h5-8,21-22,29-30,35-36,45-48H,1-4,9-20H2;5-8,19-20,27-28,35-36,41,44-47H,1-4,9-18H2;3-4,11,15,18,22,24H,1-2,5-10H2;1H4;1H/p+4/b41-25+,42-26+;;;;/t29-,30-,35+,36+,37+,38+,39-,40-;27-,28-,35+,36+,37+,38+,39-,40-;15-,18+,19+,20-;;/m111../s1. The number of nitrogens with zero attached hydrogens (tertiary/aromatic N) is 2. The molecule has 16 N–H and O–H groups in total. The summed E-state index contributed by atoms with van der Waals surface area (Å²) in [5, 5.41) is 130. The fraction of sp³-hybridized carbons (Fsp3) is 0.634. The third kappa shape index (κ3) is 9.36. The minimum atomic E-state index is -1.05. The van der Waals surface area contributed by atoms with E-state index in [-0.39, 0.29) is 84.6 Å². The van der Waals surface area contributed by atoms with Crippen molar-refractivity contribution >= 4 is 17.2 Å². The quantitative estimate of drug-likeness (QED) is 0.0736. The number of aromatic amines is 1. The number of rotatable bonds is 11. The summed E-state index contributed by atoms with van der Waals surface area (Å²) in [4.78, 5) is 24.2. The molecule has 5 spiro atoms. The van der Waals surface area contributed by atoms with E-state index in [0.717, 1.165) is 227 Å². The van der Waals surface area contributed by atoms with Gasteiger partial charge in [-0.3, -0.25) is 4.79 Å². The number of nitrogens with one attached hydrogen (secondary N) is 6. The minimum Gasteiger partial charge on any atom is -1.00 e. The summed E-state index contributed by atoms with van der Waals surface area (Å²) in [6, 6.07) is 19.4. The monoisotopic (exact) mass is 1740 g/mol. The van der Waals surface area contributed by atoms with Crippen LogP contribution in [0.15, 0.2) is 70.9 Å². The van der Waals surface area contributed by atoms with Crippen LogP contribution >= 0.6 is 0 Å². The number of fused-ring (bicyclic) bond motifs is 5. The maximum Gasteiger partial charge on any atom is 0.174 e. The first-order valence-electron chi connectivity index (χ1n) is 48.4. The maximum absolute atomic E-state index is 13.5. The van der Waals surface area contributed by atoms with Crippen LogP contribution in [0.2, 0.25) is 0 Å². The molecule has 11 heterocycles. The summed E-state index contributed by atoms with van der Waals surface area (Å²) in [6.45, 7) is 10.5. The zero-order valence-electron chi connectivity index (χ0n) is 71.0. The van der Waals surface area contributed by atoms with Crippen LogP contribution in [0.4, 0.5) is 0 Å². The third-order valence-corrected chi connectivity index (χ3v) is 39.7. The number of aliphatic hydroxyl groups is 5. The number of H-pyrrole nitrogens is 1. The summed E-state index contributed by atoms with van der Waals surface area (Å²) in [5.74, 6) is 7.19. The van der Waals surface area contributed by atoms with Crippen molar-refractivity contribution in [2.75, 3.05) is 65.4 Å². The zero-order valence-corrected chi connectivity index (χ0v) is 71.8. The van der Waals surface area contributed by atoms with E-state index in [1.54, 1.807) is 30.3 Å². The van der Waals surface area contributed by atoms with E-state index in [9.17, 15) is 55.9 Å². The Bertz CT molecular complexity index is 5580. The fourth-order valence-electron chi connectivity index (χ4n) is 33.6. The summed E-state index contributed by atoms with van der Waals surface area (Å²) in [5.41, 5.74) is 8.56. The fourth-order valence-corrected chi connectivity index (χ4v) is 33.6. The van der Waals surface area contributed by atoms with Crippen LogP contribution < -0.4 is 60.6 Å². The number of hydrogen-bond donors (Lipinski definition) is 16. The number of carbonyl (C=O) groups excluding carboxylic acids is 1. The van der Waals surface area contributed by atoms with Gasteiger partial charge in [0.2, 0.25) is 0 Å². The Morgan fingerprint density at radius 3 is 0.865 bits per heavy atom. The maximum atomic E-state index is 13.5. The van der Waals surface area contributed by atoms with Gasteiger partial charge in [0.25, 0.3) is 0 Å². The highest BCUT2D eigenvalue weighted by atomic mass is 35.5. The number of carbonyl (C=O) groups is 1. The van der Waals surface area contributed by atoms with Crippen molar-refractivity contribution < 1.29 is 116 Å². The molecule has 24 nitrogen and oxygen atoms in total. The van der Waals surface area contributed by atoms with Crippen molar-refractivity contribution in [1.29, 1.82) is 0 Å². The van der Waals surface area contributed by atoms with Gasteiger partial charge in [0.15, 0.2) is 93.8 Å². The Labute approximate surface area is 739 Å². The largest absolute Gasteiger partial charge is 1.00 e. The lowest BCUT2D eigenvalue weighted by Gasteiger charge is -2.61. The van der Waals surface area contributed by atoms with Gasteiger partial charge in [0.05, 0.1) is 115 Å². The number of piperidine rings is 5. The van der Waals surface area contributed by atoms with Crippen LogP contribution in [-0.2, 0) is 76.8 Å². The van der Waals surface area contributed by atoms with Gasteiger partial charge in [0, 0.05) is 141 Å². The Kier molecular flexibility index (Phi) is 15.8. The number of phenols is 5. The highest BCUT2D eigenvalue weighted by Gasteiger charge is 2.82. The molecule has 664 valence electrons. The van der Waals surface area contributed by atoms with Crippen molar-refractivity contribution in [2.45, 2.75) is 303 Å². The summed E-state index contributed by atoms with van der Waals surface area (Å²) >= 11 is 0. The summed E-state index contributed by atoms with van der Waals surface area (Å²) < 4.78 is 33.4. The SMILES string of the molecule is C.O=C1CC[C@@]2(O)[C@H]3Cc4ccc(O)c5c4[C@@]2(CC[NH+]3CC2CC2)[C@H]1O5.Oc1ccc2c3c1O[C@H]1/C(=N/N=C4\CC[C@@]5(O)[C@H]6Cc7ccc(O)c8c7[C@@]5(CC[NH+]6CC5CC5)[C@H]4O8)CC[C@@]4(O)[C@@H](C2)[NH+](CC2CC2)CC[C@]314.Oc1ccc2c3c1O[C@H]1c4[nH]c5c(c4C[C@@]4(O)[C@@H](C2)[NH+](CC2CC2)CC[C@]314)C[C@@]1(O)[C@H]2Cc3ccc(O)c4c3[C@@]1(CC[NH+]2CC1CC1)[C@H]5O4.[Cl-]. The number of likely N-dealkylation sites (tertiary alicyclic amines) is 5. The molecular weight excluding hydrogens is 1620 g/mol. The summed E-state index contributed by atoms with van der Waals surface area (Å²) in [7, 11) is 0. The molecule has 25 heteroatoms. The molecule has 5 unspecified atom stereocenters. The molecule has 25 atom stereocenters. The van der Waals surface area contributed by atoms with Gasteiger partial charge < -0.3 is 117 Å². The Morgan fingerprint density at radius 1 is 0.333 bits per heavy atom. The average Bonchev–Trinajstić information content (AvgIpc) is 1.46. The lowest BCUT2D eigenvalue weighted by molar-refractivity contribution is -0.944. The van der Waals surface area contributed by atoms with E-state index in [0.29, 0.717) is 80.1 Å². The predicted octanol–water partition coefficient (Wildman–Crippen LogP) is -0.373. The molecular formula is C101H121ClN8O16+4. The normalized spacial score (nSPS) is 43.7. The lowest BCUT2D eigenvalue weighted by atomic mass is 9.47. The second kappa shape index (κ2) is 25.5. The predicted molar refractivity (Wildman–Crippen MR) is 454 cm³/mol. The number of Topliss-reactive ketones (excluding diaryl/α,β-unsaturated/α-hetero) is 1. The number of ketones is 1. The van der Waals surface area contributed by atoms with E-state index in [4.69, 9.17) is 33.9 Å². The Morgan fingerprint density at radius 2 is 0.579 bits per heavy atom. The first kappa shape index (κ1) is 78.2. The molecule has 5 aromatic carbocycles. The number of aromatic hydroxyl groups is 5. The van der Waals surface area contributed by atoms with Crippen molar-refractivity contribution in [2.24, 2.45) is 39.8 Å². The molecule has 10 aliphatic heterocycles. The molecule has 31 rings (SSSR count). The number of hydrogen-bond acceptors (Lipinski definition) is 18. The highest BCUT2D eigenvalue weighted by Crippen LogP contribution is 2.74. The van der Waals surface area contributed by atoms with Crippen LogP contribution in [0, 0.1) is 29.6 Å². The topological polar surface area (TPSA) is 328 Å². The Balaban J connectivity index is 0.000000103. The highest BCUT2D eigenvalue weighted by molar-refractivity contribution is 5.98. The Hall–Kier alpha value is -7.72. The minimum absolute atomic E-state index is 0. The molecule has 126 heavy (non-hydrogen) atoms. The second-order valence-corrected chi connectivity index (χ2v) is 44.9. The average molecular weight is 1740 g/mol. The van der Waals surface area contributed by atoms with Crippen molar-refractivity contribution in [1.82, 2.24) is 4.98 Å². The molecule has 0 radical (unpaired) electrons. The lowest BCUT2D eigenvalue weighted by Crippen LogP contribution is -3.21. The second-order valence-electron chi connectivity index (χ2n) is 44.9. The molecule has 5 saturated heterocycles. The number of halogens is 1. The van der Waals surface area contributed by atoms with Crippen LogP contribution in [0.1, 0.15) is 233 Å². The smallest absolute Gasteiger partial charge is 0.174 e. The van der Waals surface area contributed by atoms with Gasteiger partial charge in [-0.15, -0.1) is 0 Å². The van der Waals surface area contributed by atoms with E-state index in [2.05, 4.69) is 29.2 Å². The molecule has 0 amide bonds. The number of aromatic nitrogens is 1. The molecule has 10 bridgehead atoms. The van der Waals surface area contributed by atoms with Crippen LogP contribution in [0.25, 0.3) is 0 Å². The number of benzene rings is 5. The molecule has 13 fully saturated rings. The van der Waals surface area contributed by atoms with Gasteiger partial charge in [-0.25, -0.2) is 0 Å². The van der Waals surface area contributed by atoms with Crippen molar-refractivity contribution in [3.63, 3.8) is 0 Å². The van der Waals surface area contributed by atoms with Gasteiger partial charge in [-0.2, -0.15) is 10.2 Å². The van der Waals surface area contributed by atoms with E-state index >= 15 is 0 Å². The molecule has 6 aromatic rings. The molecule has 15 aliphatic carbocycles. The van der Waals surface area contributed by atoms with Crippen LogP contribution in [0.3, 0.4) is 0 Å². The van der Waals surface area contributed by atoms with Gasteiger partial charge in [-0.1, -0.05) is 37.8 Å². The van der Waals surface area contributed by atoms with Crippen molar-refractivity contribution in [3.8, 4) is 57.5 Å². The number of phenolic OH excluding ortho intramolecular Hbond substituents is 5. The van der Waals surface area contributed by atoms with Gasteiger partial charge >= 0.3 is 0 Å². The zero-order chi connectivity index (χ0) is 82.7. The van der Waals surface area contributed by atoms with Crippen LogP contribution in [0.5, 0.6) is 57.5 Å². The molecule has 1 aromatic heterocycles. The third-order valence-electron chi connectivity index (χ3n) is 39.7. The number of ether oxygens (including phenoxy) is 5. The molecule has 8 saturated carbocycles. The van der Waals surface area contributed by atoms with E-state index < -0.39 is 85.6 Å². The van der Waals surface area contributed by atoms with Gasteiger partial charge in [0.1, 0.15) is 58.2 Å². The van der Waals surface area contributed by atoms with Crippen molar-refractivity contribution in [3.05, 3.63) is 139 Å². The van der Waals surface area contributed by atoms with Gasteiger partial charge in [-0.05, 0) is 166 Å². The number of quaternary nitrogens is 5. The van der Waals surface area contributed by atoms with E-state index in [1.165, 1.54) is 111 Å². The molecule has 25 aliphatic rings. The first-order valence-corrected chi connectivity index (χ1v) is 48.4. The first-order chi connectivity index (χ1) is 60.0. The van der Waals surface area contributed by atoms with E-state index in [1.807, 2.05) is 6.07 Å². The van der Waals surface area contributed by atoms with Crippen LogP contribution in [-0.4, -0.2) is 215 Å². The summed E-state index contributed by atoms with van der Waals surface area (Å²) in [6.07, 6.45) is 22.6.